The Morgan fingerprint density at radius 1 is 1.33 bits per heavy atom. The average Bonchev–Trinajstić information content (AvgIpc) is 2.35. The van der Waals surface area contributed by atoms with Crippen LogP contribution in [0.25, 0.3) is 0 Å². The molecule has 3 nitrogen and oxygen atoms in total. The van der Waals surface area contributed by atoms with E-state index in [0.717, 1.165) is 25.2 Å². The molecule has 0 aliphatic heterocycles. The van der Waals surface area contributed by atoms with Crippen LogP contribution >= 0.6 is 0 Å². The van der Waals surface area contributed by atoms with Gasteiger partial charge in [0.05, 0.1) is 18.8 Å². The van der Waals surface area contributed by atoms with Crippen molar-refractivity contribution in [3.63, 3.8) is 0 Å². The lowest BCUT2D eigenvalue weighted by Crippen LogP contribution is -2.43. The molecule has 4 atom stereocenters. The molecule has 1 fully saturated rings. The van der Waals surface area contributed by atoms with Crippen molar-refractivity contribution in [1.29, 1.82) is 0 Å². The third-order valence-electron chi connectivity index (χ3n) is 4.08. The Morgan fingerprint density at radius 3 is 2.61 bits per heavy atom. The van der Waals surface area contributed by atoms with Gasteiger partial charge in [-0.05, 0) is 31.1 Å². The molecule has 4 unspecified atom stereocenters. The van der Waals surface area contributed by atoms with Gasteiger partial charge in [-0.2, -0.15) is 0 Å². The fourth-order valence-corrected chi connectivity index (χ4v) is 2.96. The Labute approximate surface area is 112 Å². The van der Waals surface area contributed by atoms with Gasteiger partial charge >= 0.3 is 0 Å². The third-order valence-corrected chi connectivity index (χ3v) is 4.08. The maximum absolute atomic E-state index is 9.46. The van der Waals surface area contributed by atoms with Crippen molar-refractivity contribution in [2.75, 3.05) is 6.61 Å². The van der Waals surface area contributed by atoms with Crippen molar-refractivity contribution in [1.82, 2.24) is 0 Å². The smallest absolute Gasteiger partial charge is 0.0959 e. The van der Waals surface area contributed by atoms with Gasteiger partial charge in [0.25, 0.3) is 0 Å². The monoisotopic (exact) mass is 257 g/mol. The van der Waals surface area contributed by atoms with Crippen molar-refractivity contribution in [2.24, 2.45) is 17.6 Å². The first-order valence-corrected chi connectivity index (χ1v) is 7.58. The molecule has 3 heteroatoms. The molecule has 1 aliphatic rings. The summed E-state index contributed by atoms with van der Waals surface area (Å²) in [7, 11) is 0. The molecule has 0 saturated heterocycles. The minimum absolute atomic E-state index is 0.0428. The summed E-state index contributed by atoms with van der Waals surface area (Å²) in [6.45, 7) is 6.60. The van der Waals surface area contributed by atoms with E-state index in [2.05, 4.69) is 20.8 Å². The fraction of sp³-hybridized carbons (Fsp3) is 1.00. The first-order chi connectivity index (χ1) is 8.56. The van der Waals surface area contributed by atoms with Crippen LogP contribution in [0.2, 0.25) is 0 Å². The first kappa shape index (κ1) is 15.9. The molecular weight excluding hydrogens is 226 g/mol. The average molecular weight is 257 g/mol. The zero-order valence-electron chi connectivity index (χ0n) is 12.3. The Balaban J connectivity index is 2.41. The molecule has 1 rings (SSSR count). The van der Waals surface area contributed by atoms with Crippen molar-refractivity contribution in [2.45, 2.75) is 77.5 Å². The van der Waals surface area contributed by atoms with Crippen LogP contribution in [0.3, 0.4) is 0 Å². The van der Waals surface area contributed by atoms with E-state index in [4.69, 9.17) is 10.5 Å². The van der Waals surface area contributed by atoms with Crippen molar-refractivity contribution in [3.05, 3.63) is 0 Å². The number of hydrogen-bond acceptors (Lipinski definition) is 3. The molecule has 0 radical (unpaired) electrons. The van der Waals surface area contributed by atoms with Gasteiger partial charge in [-0.1, -0.05) is 40.0 Å². The lowest BCUT2D eigenvalue weighted by atomic mass is 9.85. The number of ether oxygens (including phenoxy) is 1. The highest BCUT2D eigenvalue weighted by Gasteiger charge is 2.27. The van der Waals surface area contributed by atoms with Crippen molar-refractivity contribution >= 4 is 0 Å². The maximum atomic E-state index is 9.46. The van der Waals surface area contributed by atoms with Crippen LogP contribution in [0, 0.1) is 11.8 Å². The molecule has 0 spiro atoms. The van der Waals surface area contributed by atoms with Crippen LogP contribution in [-0.4, -0.2) is 30.0 Å². The van der Waals surface area contributed by atoms with E-state index in [1.165, 1.54) is 19.3 Å². The van der Waals surface area contributed by atoms with E-state index < -0.39 is 0 Å². The molecule has 0 aromatic rings. The third kappa shape index (κ3) is 5.25. The Hall–Kier alpha value is -0.120. The topological polar surface area (TPSA) is 55.5 Å². The zero-order valence-corrected chi connectivity index (χ0v) is 12.3. The number of nitrogens with two attached hydrogens (primary N) is 1. The summed E-state index contributed by atoms with van der Waals surface area (Å²) in [5.74, 6) is 1.34. The number of rotatable bonds is 7. The zero-order chi connectivity index (χ0) is 13.5. The van der Waals surface area contributed by atoms with Crippen LogP contribution in [0.1, 0.15) is 59.3 Å². The van der Waals surface area contributed by atoms with E-state index in [1.807, 2.05) is 0 Å². The molecule has 18 heavy (non-hydrogen) atoms. The summed E-state index contributed by atoms with van der Waals surface area (Å²) < 4.78 is 6.06. The Kier molecular flexibility index (Phi) is 7.20. The lowest BCUT2D eigenvalue weighted by molar-refractivity contribution is -0.0738. The molecule has 1 aliphatic carbocycles. The number of aliphatic hydroxyl groups excluding tert-OH is 1. The molecule has 0 bridgehead atoms. The van der Waals surface area contributed by atoms with E-state index in [9.17, 15) is 5.11 Å². The molecule has 108 valence electrons. The molecule has 0 aromatic heterocycles. The van der Waals surface area contributed by atoms with Gasteiger partial charge in [0, 0.05) is 6.04 Å². The SMILES string of the molecule is CCC1CCCC(OC(CO)C(N)CC(C)C)C1. The van der Waals surface area contributed by atoms with E-state index in [0.29, 0.717) is 12.0 Å². The van der Waals surface area contributed by atoms with Gasteiger partial charge in [0.15, 0.2) is 0 Å². The summed E-state index contributed by atoms with van der Waals surface area (Å²) in [6, 6.07) is -0.0444. The van der Waals surface area contributed by atoms with Crippen LogP contribution in [-0.2, 0) is 4.74 Å². The highest BCUT2D eigenvalue weighted by atomic mass is 16.5. The van der Waals surface area contributed by atoms with Gasteiger partial charge in [-0.25, -0.2) is 0 Å². The molecule has 0 aromatic carbocycles. The minimum Gasteiger partial charge on any atom is -0.394 e. The van der Waals surface area contributed by atoms with Crippen LogP contribution in [0.4, 0.5) is 0 Å². The Morgan fingerprint density at radius 2 is 2.06 bits per heavy atom. The van der Waals surface area contributed by atoms with E-state index in [1.54, 1.807) is 0 Å². The van der Waals surface area contributed by atoms with Crippen molar-refractivity contribution in [3.8, 4) is 0 Å². The van der Waals surface area contributed by atoms with Gasteiger partial charge in [-0.3, -0.25) is 0 Å². The second kappa shape index (κ2) is 8.13. The summed E-state index contributed by atoms with van der Waals surface area (Å²) in [6.07, 6.45) is 7.12. The predicted molar refractivity (Wildman–Crippen MR) is 75.4 cm³/mol. The van der Waals surface area contributed by atoms with E-state index >= 15 is 0 Å². The summed E-state index contributed by atoms with van der Waals surface area (Å²) in [5.41, 5.74) is 6.13. The van der Waals surface area contributed by atoms with Crippen LogP contribution < -0.4 is 5.73 Å². The van der Waals surface area contributed by atoms with Gasteiger partial charge in [-0.15, -0.1) is 0 Å². The molecule has 0 heterocycles. The quantitative estimate of drug-likeness (QED) is 0.737. The maximum Gasteiger partial charge on any atom is 0.0959 e. The number of aliphatic hydroxyl groups is 1. The highest BCUT2D eigenvalue weighted by Crippen LogP contribution is 2.29. The molecular formula is C15H31NO2. The largest absolute Gasteiger partial charge is 0.394 e. The van der Waals surface area contributed by atoms with E-state index in [-0.39, 0.29) is 18.8 Å². The second-order valence-corrected chi connectivity index (χ2v) is 6.21. The second-order valence-electron chi connectivity index (χ2n) is 6.21. The number of hydrogen-bond donors (Lipinski definition) is 2. The molecule has 3 N–H and O–H groups in total. The van der Waals surface area contributed by atoms with Gasteiger partial charge in [0.2, 0.25) is 0 Å². The fourth-order valence-electron chi connectivity index (χ4n) is 2.96. The predicted octanol–water partition coefficient (Wildman–Crippen LogP) is 2.71. The standard InChI is InChI=1S/C15H31NO2/c1-4-12-6-5-7-13(9-12)18-15(10-17)14(16)8-11(2)3/h11-15,17H,4-10,16H2,1-3H3. The summed E-state index contributed by atoms with van der Waals surface area (Å²) in [5, 5.41) is 9.46. The summed E-state index contributed by atoms with van der Waals surface area (Å²) in [4.78, 5) is 0. The Bertz CT molecular complexity index is 221. The highest BCUT2D eigenvalue weighted by molar-refractivity contribution is 4.79. The van der Waals surface area contributed by atoms with Gasteiger partial charge in [0.1, 0.15) is 0 Å². The minimum atomic E-state index is -0.187. The van der Waals surface area contributed by atoms with Crippen molar-refractivity contribution < 1.29 is 9.84 Å². The van der Waals surface area contributed by atoms with Gasteiger partial charge < -0.3 is 15.6 Å². The normalized spacial score (nSPS) is 28.3. The van der Waals surface area contributed by atoms with Crippen LogP contribution in [0.15, 0.2) is 0 Å². The summed E-state index contributed by atoms with van der Waals surface area (Å²) >= 11 is 0. The lowest BCUT2D eigenvalue weighted by Gasteiger charge is -2.33. The van der Waals surface area contributed by atoms with Crippen LogP contribution in [0.5, 0.6) is 0 Å². The molecule has 0 amide bonds. The molecule has 1 saturated carbocycles. The first-order valence-electron chi connectivity index (χ1n) is 7.58.